The highest BCUT2D eigenvalue weighted by Gasteiger charge is 2.28. The quantitative estimate of drug-likeness (QED) is 0.789. The Morgan fingerprint density at radius 3 is 2.75 bits per heavy atom. The van der Waals surface area contributed by atoms with Crippen molar-refractivity contribution in [2.75, 3.05) is 0 Å². The van der Waals surface area contributed by atoms with Crippen molar-refractivity contribution in [3.05, 3.63) is 62.6 Å². The predicted molar refractivity (Wildman–Crippen MR) is 85.2 cm³/mol. The van der Waals surface area contributed by atoms with E-state index < -0.39 is 0 Å². The molecule has 0 radical (unpaired) electrons. The molecule has 0 spiro atoms. The van der Waals surface area contributed by atoms with Crippen LogP contribution in [-0.2, 0) is 0 Å². The molecule has 2 N–H and O–H groups in total. The largest absolute Gasteiger partial charge is 0.485 e. The van der Waals surface area contributed by atoms with Gasteiger partial charge in [0.15, 0.2) is 0 Å². The number of ether oxygens (including phenoxy) is 1. The first-order valence-electron chi connectivity index (χ1n) is 6.52. The SMILES string of the molecule is Cc1ccc2c(c1)[C@@H](N)CC(c1ccc(Cl)cc1Br)O2. The van der Waals surface area contributed by atoms with Gasteiger partial charge in [0.05, 0.1) is 0 Å². The van der Waals surface area contributed by atoms with Crippen LogP contribution in [0.1, 0.15) is 35.3 Å². The number of rotatable bonds is 1. The Hall–Kier alpha value is -1.03. The van der Waals surface area contributed by atoms with Crippen LogP contribution >= 0.6 is 27.5 Å². The Bertz CT molecular complexity index is 659. The molecule has 0 aliphatic carbocycles. The van der Waals surface area contributed by atoms with Crippen LogP contribution in [0.3, 0.4) is 0 Å². The van der Waals surface area contributed by atoms with Gasteiger partial charge >= 0.3 is 0 Å². The molecule has 104 valence electrons. The first-order valence-corrected chi connectivity index (χ1v) is 7.69. The summed E-state index contributed by atoms with van der Waals surface area (Å²) in [5.74, 6) is 0.876. The van der Waals surface area contributed by atoms with E-state index in [0.717, 1.165) is 27.8 Å². The molecule has 2 aromatic carbocycles. The number of aryl methyl sites for hydroxylation is 1. The zero-order chi connectivity index (χ0) is 14.3. The van der Waals surface area contributed by atoms with E-state index in [1.807, 2.05) is 30.3 Å². The molecule has 2 atom stereocenters. The molecule has 1 unspecified atom stereocenters. The van der Waals surface area contributed by atoms with E-state index in [-0.39, 0.29) is 12.1 Å². The highest BCUT2D eigenvalue weighted by molar-refractivity contribution is 9.10. The molecule has 4 heteroatoms. The minimum absolute atomic E-state index is 0.00812. The zero-order valence-corrected chi connectivity index (χ0v) is 13.4. The third-order valence-corrected chi connectivity index (χ3v) is 4.53. The summed E-state index contributed by atoms with van der Waals surface area (Å²) in [4.78, 5) is 0. The van der Waals surface area contributed by atoms with E-state index in [4.69, 9.17) is 22.1 Å². The fourth-order valence-electron chi connectivity index (χ4n) is 2.58. The van der Waals surface area contributed by atoms with E-state index in [1.165, 1.54) is 5.56 Å². The molecule has 0 amide bonds. The Morgan fingerprint density at radius 1 is 1.20 bits per heavy atom. The highest BCUT2D eigenvalue weighted by atomic mass is 79.9. The molecule has 0 saturated carbocycles. The van der Waals surface area contributed by atoms with Gasteiger partial charge in [0.2, 0.25) is 0 Å². The third kappa shape index (κ3) is 2.58. The smallest absolute Gasteiger partial charge is 0.127 e. The first kappa shape index (κ1) is 13.9. The Kier molecular flexibility index (Phi) is 3.76. The second kappa shape index (κ2) is 5.40. The van der Waals surface area contributed by atoms with Crippen LogP contribution in [0, 0.1) is 6.92 Å². The highest BCUT2D eigenvalue weighted by Crippen LogP contribution is 2.42. The van der Waals surface area contributed by atoms with E-state index in [0.29, 0.717) is 5.02 Å². The van der Waals surface area contributed by atoms with Gasteiger partial charge in [-0.1, -0.05) is 51.3 Å². The molecule has 1 heterocycles. The van der Waals surface area contributed by atoms with Crippen molar-refractivity contribution < 1.29 is 4.74 Å². The van der Waals surface area contributed by atoms with Crippen molar-refractivity contribution in [1.29, 1.82) is 0 Å². The minimum atomic E-state index is -0.0492. The van der Waals surface area contributed by atoms with Crippen LogP contribution in [0.4, 0.5) is 0 Å². The van der Waals surface area contributed by atoms with E-state index >= 15 is 0 Å². The summed E-state index contributed by atoms with van der Waals surface area (Å²) in [5, 5.41) is 0.705. The van der Waals surface area contributed by atoms with Gasteiger partial charge in [-0.3, -0.25) is 0 Å². The van der Waals surface area contributed by atoms with Crippen LogP contribution < -0.4 is 10.5 Å². The van der Waals surface area contributed by atoms with Crippen molar-refractivity contribution in [1.82, 2.24) is 0 Å². The molecule has 1 aliphatic rings. The molecule has 0 aromatic heterocycles. The second-order valence-corrected chi connectivity index (χ2v) is 6.45. The lowest BCUT2D eigenvalue weighted by Crippen LogP contribution is -2.24. The Labute approximate surface area is 132 Å². The number of nitrogens with two attached hydrogens (primary N) is 1. The van der Waals surface area contributed by atoms with Crippen LogP contribution in [0.15, 0.2) is 40.9 Å². The van der Waals surface area contributed by atoms with Crippen LogP contribution in [0.25, 0.3) is 0 Å². The van der Waals surface area contributed by atoms with E-state index in [9.17, 15) is 0 Å². The number of hydrogen-bond donors (Lipinski definition) is 1. The molecule has 20 heavy (non-hydrogen) atoms. The minimum Gasteiger partial charge on any atom is -0.485 e. The summed E-state index contributed by atoms with van der Waals surface area (Å²) in [6, 6.07) is 11.9. The average Bonchev–Trinajstić information content (AvgIpc) is 2.39. The molecule has 0 bridgehead atoms. The molecule has 3 rings (SSSR count). The lowest BCUT2D eigenvalue weighted by molar-refractivity contribution is 0.161. The summed E-state index contributed by atoms with van der Waals surface area (Å²) in [6.07, 6.45) is 0.711. The normalized spacial score (nSPS) is 21.2. The topological polar surface area (TPSA) is 35.2 Å². The zero-order valence-electron chi connectivity index (χ0n) is 11.1. The van der Waals surface area contributed by atoms with Gasteiger partial charge < -0.3 is 10.5 Å². The van der Waals surface area contributed by atoms with Crippen molar-refractivity contribution in [2.24, 2.45) is 5.73 Å². The van der Waals surface area contributed by atoms with Gasteiger partial charge in [-0.2, -0.15) is 0 Å². The number of halogens is 2. The van der Waals surface area contributed by atoms with Crippen molar-refractivity contribution in [3.63, 3.8) is 0 Å². The average molecular weight is 353 g/mol. The maximum absolute atomic E-state index is 6.30. The predicted octanol–water partition coefficient (Wildman–Crippen LogP) is 4.93. The molecule has 0 fully saturated rings. The van der Waals surface area contributed by atoms with E-state index in [1.54, 1.807) is 0 Å². The molecular formula is C16H15BrClNO. The summed E-state index contributed by atoms with van der Waals surface area (Å²) in [6.45, 7) is 2.06. The standard InChI is InChI=1S/C16H15BrClNO/c1-9-2-5-15-12(6-9)14(19)8-16(20-15)11-4-3-10(18)7-13(11)17/h2-7,14,16H,8,19H2,1H3/t14-,16?/m0/s1. The Morgan fingerprint density at radius 2 is 2.00 bits per heavy atom. The number of hydrogen-bond acceptors (Lipinski definition) is 2. The molecule has 1 aliphatic heterocycles. The molecule has 0 saturated heterocycles. The summed E-state index contributed by atoms with van der Waals surface area (Å²) >= 11 is 9.54. The van der Waals surface area contributed by atoms with Gasteiger partial charge in [0.1, 0.15) is 11.9 Å². The number of fused-ring (bicyclic) bond motifs is 1. The van der Waals surface area contributed by atoms with Gasteiger partial charge in [0.25, 0.3) is 0 Å². The summed E-state index contributed by atoms with van der Waals surface area (Å²) in [5.41, 5.74) is 9.67. The Balaban J connectivity index is 1.97. The fraction of sp³-hybridized carbons (Fsp3) is 0.250. The summed E-state index contributed by atoms with van der Waals surface area (Å²) < 4.78 is 7.07. The summed E-state index contributed by atoms with van der Waals surface area (Å²) in [7, 11) is 0. The van der Waals surface area contributed by atoms with Crippen molar-refractivity contribution in [3.8, 4) is 5.75 Å². The molecule has 2 aromatic rings. The van der Waals surface area contributed by atoms with E-state index in [2.05, 4.69) is 28.9 Å². The van der Waals surface area contributed by atoms with Crippen molar-refractivity contribution in [2.45, 2.75) is 25.5 Å². The van der Waals surface area contributed by atoms with Crippen LogP contribution in [0.2, 0.25) is 5.02 Å². The van der Waals surface area contributed by atoms with Crippen LogP contribution in [0.5, 0.6) is 5.75 Å². The monoisotopic (exact) mass is 351 g/mol. The lowest BCUT2D eigenvalue weighted by atomic mass is 9.93. The van der Waals surface area contributed by atoms with Gasteiger partial charge in [-0.25, -0.2) is 0 Å². The lowest BCUT2D eigenvalue weighted by Gasteiger charge is -2.31. The molecular weight excluding hydrogens is 338 g/mol. The first-order chi connectivity index (χ1) is 9.54. The van der Waals surface area contributed by atoms with Gasteiger partial charge in [-0.15, -0.1) is 0 Å². The van der Waals surface area contributed by atoms with Gasteiger partial charge in [-0.05, 0) is 25.1 Å². The third-order valence-electron chi connectivity index (χ3n) is 3.61. The van der Waals surface area contributed by atoms with Crippen molar-refractivity contribution >= 4 is 27.5 Å². The van der Waals surface area contributed by atoms with Crippen LogP contribution in [-0.4, -0.2) is 0 Å². The van der Waals surface area contributed by atoms with Gasteiger partial charge in [0, 0.05) is 33.1 Å². The number of benzene rings is 2. The fourth-order valence-corrected chi connectivity index (χ4v) is 3.52. The molecule has 2 nitrogen and oxygen atoms in total. The maximum Gasteiger partial charge on any atom is 0.127 e. The second-order valence-electron chi connectivity index (χ2n) is 5.16. The maximum atomic E-state index is 6.30.